The minimum atomic E-state index is 0.0260. The van der Waals surface area contributed by atoms with Crippen LogP contribution < -0.4 is 5.73 Å². The third-order valence-corrected chi connectivity index (χ3v) is 6.89. The summed E-state index contributed by atoms with van der Waals surface area (Å²) in [6.45, 7) is 0. The minimum absolute atomic E-state index is 0.0260. The van der Waals surface area contributed by atoms with E-state index in [1.54, 1.807) is 0 Å². The Morgan fingerprint density at radius 3 is 2.14 bits per heavy atom. The summed E-state index contributed by atoms with van der Waals surface area (Å²) in [4.78, 5) is 4.61. The number of rotatable bonds is 3. The Kier molecular flexibility index (Phi) is 4.42. The second kappa shape index (κ2) is 7.79. The summed E-state index contributed by atoms with van der Waals surface area (Å²) in [5.74, 6) is 0.0260. The summed E-state index contributed by atoms with van der Waals surface area (Å²) in [6.07, 6.45) is 1.81. The van der Waals surface area contributed by atoms with Crippen molar-refractivity contribution in [3.8, 4) is 22.3 Å². The molecule has 0 spiro atoms. The second-order valence-electron chi connectivity index (χ2n) is 9.04. The molecule has 2 heterocycles. The van der Waals surface area contributed by atoms with Crippen molar-refractivity contribution in [2.24, 2.45) is 5.73 Å². The monoisotopic (exact) mass is 463 g/mol. The van der Waals surface area contributed by atoms with Gasteiger partial charge >= 0.3 is 0 Å². The van der Waals surface area contributed by atoms with Gasteiger partial charge in [0.25, 0.3) is 0 Å². The van der Waals surface area contributed by atoms with E-state index in [1.165, 1.54) is 16.2 Å². The van der Waals surface area contributed by atoms with Crippen LogP contribution in [0.2, 0.25) is 0 Å². The van der Waals surface area contributed by atoms with Gasteiger partial charge in [0.05, 0.1) is 0 Å². The summed E-state index contributed by atoms with van der Waals surface area (Å²) >= 11 is 0. The zero-order chi connectivity index (χ0) is 24.2. The fourth-order valence-corrected chi connectivity index (χ4v) is 5.22. The first kappa shape index (κ1) is 20.4. The molecule has 36 heavy (non-hydrogen) atoms. The summed E-state index contributed by atoms with van der Waals surface area (Å²) in [5, 5.41) is 14.0. The largest absolute Gasteiger partial charge is 0.454 e. The van der Waals surface area contributed by atoms with Crippen LogP contribution in [0.15, 0.2) is 114 Å². The molecule has 2 aromatic heterocycles. The highest BCUT2D eigenvalue weighted by Crippen LogP contribution is 2.39. The number of nitrogens with one attached hydrogen (secondary N) is 1. The van der Waals surface area contributed by atoms with E-state index >= 15 is 0 Å². The van der Waals surface area contributed by atoms with Crippen molar-refractivity contribution in [2.45, 2.75) is 0 Å². The van der Waals surface area contributed by atoms with Crippen LogP contribution >= 0.6 is 0 Å². The van der Waals surface area contributed by atoms with Gasteiger partial charge in [-0.15, -0.1) is 0 Å². The van der Waals surface area contributed by atoms with Crippen LogP contribution in [0.25, 0.3) is 65.9 Å². The van der Waals surface area contributed by atoms with Crippen molar-refractivity contribution >= 4 is 49.4 Å². The lowest BCUT2D eigenvalue weighted by Gasteiger charge is -2.14. The van der Waals surface area contributed by atoms with Crippen LogP contribution in [0.4, 0.5) is 0 Å². The molecule has 0 aliphatic carbocycles. The third kappa shape index (κ3) is 3.08. The topological polar surface area (TPSA) is 75.9 Å². The third-order valence-electron chi connectivity index (χ3n) is 6.89. The molecule has 0 aliphatic heterocycles. The Morgan fingerprint density at radius 2 is 1.33 bits per heavy atom. The normalized spacial score (nSPS) is 11.6. The predicted octanol–water partition coefficient (Wildman–Crippen LogP) is 7.91. The van der Waals surface area contributed by atoms with Gasteiger partial charge in [0, 0.05) is 22.7 Å². The molecule has 4 heteroatoms. The molecule has 0 aliphatic rings. The van der Waals surface area contributed by atoms with Gasteiger partial charge in [0.15, 0.2) is 5.58 Å². The molecule has 0 unspecified atom stereocenters. The lowest BCUT2D eigenvalue weighted by molar-refractivity contribution is 0.669. The number of furan rings is 1. The lowest BCUT2D eigenvalue weighted by Crippen LogP contribution is -2.11. The molecule has 7 rings (SSSR count). The molecule has 4 nitrogen and oxygen atoms in total. The summed E-state index contributed by atoms with van der Waals surface area (Å²) in [6, 6.07) is 35.1. The van der Waals surface area contributed by atoms with Gasteiger partial charge in [0.1, 0.15) is 16.9 Å². The molecule has 170 valence electrons. The van der Waals surface area contributed by atoms with E-state index in [9.17, 15) is 0 Å². The number of hydrogen-bond acceptors (Lipinski definition) is 3. The van der Waals surface area contributed by atoms with Crippen molar-refractivity contribution in [1.29, 1.82) is 5.41 Å². The molecule has 0 radical (unpaired) electrons. The number of para-hydroxylation sites is 1. The fourth-order valence-electron chi connectivity index (χ4n) is 5.22. The Hall–Kier alpha value is -4.96. The Bertz CT molecular complexity index is 1980. The van der Waals surface area contributed by atoms with E-state index < -0.39 is 0 Å². The molecule has 5 aromatic carbocycles. The van der Waals surface area contributed by atoms with Crippen LogP contribution in [0.1, 0.15) is 5.56 Å². The molecule has 0 atom stereocenters. The second-order valence-corrected chi connectivity index (χ2v) is 9.04. The standard InChI is InChI=1S/C32H21N3O/c33-32(34)22-16-20(24-13-14-35-30-27-11-5-6-12-29(27)36-31(24)30)15-21(17-22)28-18-19-7-1-2-8-23(19)25-9-3-4-10-26(25)28/h1-18H,(H3,33,34). The number of amidine groups is 1. The van der Waals surface area contributed by atoms with Gasteiger partial charge in [-0.1, -0.05) is 60.7 Å². The smallest absolute Gasteiger partial charge is 0.161 e. The Labute approximate surface area is 207 Å². The zero-order valence-corrected chi connectivity index (χ0v) is 19.3. The van der Waals surface area contributed by atoms with Crippen molar-refractivity contribution in [3.05, 3.63) is 115 Å². The fraction of sp³-hybridized carbons (Fsp3) is 0. The summed E-state index contributed by atoms with van der Waals surface area (Å²) < 4.78 is 6.26. The van der Waals surface area contributed by atoms with E-state index in [0.717, 1.165) is 49.7 Å². The van der Waals surface area contributed by atoms with Crippen LogP contribution in [0.5, 0.6) is 0 Å². The first-order valence-corrected chi connectivity index (χ1v) is 11.8. The maximum atomic E-state index is 8.24. The van der Waals surface area contributed by atoms with Gasteiger partial charge in [0.2, 0.25) is 0 Å². The Balaban J connectivity index is 1.54. The highest BCUT2D eigenvalue weighted by atomic mass is 16.3. The van der Waals surface area contributed by atoms with Crippen molar-refractivity contribution < 1.29 is 4.42 Å². The molecule has 0 saturated heterocycles. The number of nitrogens with zero attached hydrogens (tertiary/aromatic N) is 1. The highest BCUT2D eigenvalue weighted by molar-refractivity contribution is 6.14. The van der Waals surface area contributed by atoms with E-state index in [1.807, 2.05) is 48.7 Å². The van der Waals surface area contributed by atoms with E-state index in [2.05, 4.69) is 65.6 Å². The maximum absolute atomic E-state index is 8.24. The molecule has 7 aromatic rings. The van der Waals surface area contributed by atoms with E-state index in [4.69, 9.17) is 15.6 Å². The SMILES string of the molecule is N=C(N)c1cc(-c2cc3ccccc3c3ccccc23)cc(-c2ccnc3c2oc2ccccc23)c1. The molecule has 0 amide bonds. The molecule has 0 saturated carbocycles. The zero-order valence-electron chi connectivity index (χ0n) is 19.3. The molecule has 3 N–H and O–H groups in total. The van der Waals surface area contributed by atoms with Crippen molar-refractivity contribution in [1.82, 2.24) is 4.98 Å². The number of pyridine rings is 1. The number of benzene rings is 5. The van der Waals surface area contributed by atoms with Gasteiger partial charge in [-0.05, 0) is 80.7 Å². The average Bonchev–Trinajstić information content (AvgIpc) is 3.31. The first-order chi connectivity index (χ1) is 17.7. The molecular weight excluding hydrogens is 442 g/mol. The quantitative estimate of drug-likeness (QED) is 0.159. The Morgan fingerprint density at radius 1 is 0.667 bits per heavy atom. The van der Waals surface area contributed by atoms with Crippen molar-refractivity contribution in [2.75, 3.05) is 0 Å². The number of fused-ring (bicyclic) bond motifs is 6. The van der Waals surface area contributed by atoms with Crippen LogP contribution in [-0.4, -0.2) is 10.8 Å². The molecular formula is C32H21N3O. The minimum Gasteiger partial charge on any atom is -0.454 e. The van der Waals surface area contributed by atoms with Crippen LogP contribution in [0.3, 0.4) is 0 Å². The number of hydrogen-bond donors (Lipinski definition) is 2. The van der Waals surface area contributed by atoms with E-state index in [0.29, 0.717) is 5.56 Å². The lowest BCUT2D eigenvalue weighted by atomic mass is 9.90. The number of nitrogen functional groups attached to an aromatic ring is 1. The number of nitrogens with two attached hydrogens (primary N) is 1. The van der Waals surface area contributed by atoms with Gasteiger partial charge in [-0.3, -0.25) is 10.4 Å². The first-order valence-electron chi connectivity index (χ1n) is 11.8. The van der Waals surface area contributed by atoms with Crippen molar-refractivity contribution in [3.63, 3.8) is 0 Å². The number of aromatic nitrogens is 1. The summed E-state index contributed by atoms with van der Waals surface area (Å²) in [7, 11) is 0. The van der Waals surface area contributed by atoms with Gasteiger partial charge < -0.3 is 10.2 Å². The highest BCUT2D eigenvalue weighted by Gasteiger charge is 2.16. The predicted molar refractivity (Wildman–Crippen MR) is 148 cm³/mol. The molecule has 0 bridgehead atoms. The maximum Gasteiger partial charge on any atom is 0.161 e. The van der Waals surface area contributed by atoms with Crippen LogP contribution in [-0.2, 0) is 0 Å². The van der Waals surface area contributed by atoms with Gasteiger partial charge in [-0.25, -0.2) is 0 Å². The summed E-state index contributed by atoms with van der Waals surface area (Å²) in [5.41, 5.74) is 13.0. The van der Waals surface area contributed by atoms with Crippen LogP contribution in [0, 0.1) is 5.41 Å². The van der Waals surface area contributed by atoms with Gasteiger partial charge in [-0.2, -0.15) is 0 Å². The molecule has 0 fully saturated rings. The van der Waals surface area contributed by atoms with E-state index in [-0.39, 0.29) is 5.84 Å². The average molecular weight is 464 g/mol.